The van der Waals surface area contributed by atoms with Crippen molar-refractivity contribution in [2.45, 2.75) is 20.0 Å². The normalized spacial score (nSPS) is 10.8. The highest BCUT2D eigenvalue weighted by Gasteiger charge is 2.13. The fraction of sp³-hybridized carbons (Fsp3) is 0.211. The fourth-order valence-corrected chi connectivity index (χ4v) is 2.42. The molecule has 0 heterocycles. The van der Waals surface area contributed by atoms with Crippen molar-refractivity contribution < 1.29 is 14.7 Å². The average Bonchev–Trinajstić information content (AvgIpc) is 2.56. The summed E-state index contributed by atoms with van der Waals surface area (Å²) in [6, 6.07) is 11.2. The Kier molecular flexibility index (Phi) is 6.70. The first-order valence-corrected chi connectivity index (χ1v) is 8.01. The Hall–Kier alpha value is -2.46. The van der Waals surface area contributed by atoms with E-state index in [0.717, 1.165) is 16.7 Å². The van der Waals surface area contributed by atoms with Gasteiger partial charge in [0.25, 0.3) is 0 Å². The van der Waals surface area contributed by atoms with E-state index < -0.39 is 0 Å². The second-order valence-electron chi connectivity index (χ2n) is 5.09. The van der Waals surface area contributed by atoms with Crippen LogP contribution in [0.4, 0.5) is 0 Å². The molecule has 0 spiro atoms. The van der Waals surface area contributed by atoms with E-state index >= 15 is 0 Å². The first kappa shape index (κ1) is 17.9. The Morgan fingerprint density at radius 2 is 1.96 bits per heavy atom. The van der Waals surface area contributed by atoms with E-state index in [9.17, 15) is 0 Å². The molecular formula is C19H20ClNO3. The molecule has 0 amide bonds. The smallest absolute Gasteiger partial charge is 0.165 e. The molecule has 0 bridgehead atoms. The number of nitrogens with zero attached hydrogens (tertiary/aromatic N) is 1. The Morgan fingerprint density at radius 1 is 1.21 bits per heavy atom. The van der Waals surface area contributed by atoms with Crippen LogP contribution in [-0.4, -0.2) is 18.0 Å². The number of hydrogen-bond acceptors (Lipinski definition) is 4. The summed E-state index contributed by atoms with van der Waals surface area (Å²) in [7, 11) is 0. The third-order valence-corrected chi connectivity index (χ3v) is 3.57. The third kappa shape index (κ3) is 4.77. The van der Waals surface area contributed by atoms with Gasteiger partial charge in [0.15, 0.2) is 11.5 Å². The van der Waals surface area contributed by atoms with Gasteiger partial charge in [0.1, 0.15) is 6.61 Å². The molecule has 24 heavy (non-hydrogen) atoms. The van der Waals surface area contributed by atoms with Crippen molar-refractivity contribution in [1.29, 1.82) is 0 Å². The minimum absolute atomic E-state index is 0.398. The van der Waals surface area contributed by atoms with Gasteiger partial charge in [0.2, 0.25) is 0 Å². The van der Waals surface area contributed by atoms with Crippen LogP contribution in [-0.2, 0) is 13.0 Å². The fourth-order valence-electron chi connectivity index (χ4n) is 2.29. The third-order valence-electron chi connectivity index (χ3n) is 3.32. The zero-order chi connectivity index (χ0) is 17.4. The predicted molar refractivity (Wildman–Crippen MR) is 96.7 cm³/mol. The number of oxime groups is 1. The van der Waals surface area contributed by atoms with Gasteiger partial charge in [-0.05, 0) is 43.2 Å². The molecule has 126 valence electrons. The van der Waals surface area contributed by atoms with Crippen LogP contribution in [0.5, 0.6) is 11.5 Å². The van der Waals surface area contributed by atoms with Crippen molar-refractivity contribution in [3.8, 4) is 11.5 Å². The average molecular weight is 346 g/mol. The van der Waals surface area contributed by atoms with E-state index in [-0.39, 0.29) is 0 Å². The summed E-state index contributed by atoms with van der Waals surface area (Å²) in [6.45, 7) is 6.59. The van der Waals surface area contributed by atoms with Crippen molar-refractivity contribution in [2.24, 2.45) is 5.16 Å². The predicted octanol–water partition coefficient (Wildman–Crippen LogP) is 4.85. The first-order chi connectivity index (χ1) is 11.7. The maximum absolute atomic E-state index is 8.77. The summed E-state index contributed by atoms with van der Waals surface area (Å²) < 4.78 is 11.7. The van der Waals surface area contributed by atoms with Crippen molar-refractivity contribution in [1.82, 2.24) is 0 Å². The van der Waals surface area contributed by atoms with E-state index in [1.807, 2.05) is 37.3 Å². The standard InChI is InChI=1S/C19H20ClNO3/c1-3-5-16-10-15(12-21-22)11-18(23-4-2)19(16)24-13-14-6-8-17(20)9-7-14/h3,6-12,22H,1,4-5,13H2,2H3/b21-12-. The Bertz CT molecular complexity index is 711. The number of hydrogen-bond donors (Lipinski definition) is 1. The minimum atomic E-state index is 0.398. The topological polar surface area (TPSA) is 51.1 Å². The molecule has 0 saturated heterocycles. The molecule has 0 aliphatic rings. The molecule has 0 fully saturated rings. The van der Waals surface area contributed by atoms with Crippen molar-refractivity contribution in [2.75, 3.05) is 6.61 Å². The van der Waals surface area contributed by atoms with Crippen molar-refractivity contribution in [3.05, 3.63) is 70.8 Å². The first-order valence-electron chi connectivity index (χ1n) is 7.63. The van der Waals surface area contributed by atoms with E-state index in [0.29, 0.717) is 36.2 Å². The second kappa shape index (κ2) is 8.99. The molecule has 5 heteroatoms. The summed E-state index contributed by atoms with van der Waals surface area (Å²) in [5.74, 6) is 1.28. The lowest BCUT2D eigenvalue weighted by Crippen LogP contribution is -2.04. The van der Waals surface area contributed by atoms with E-state index in [4.69, 9.17) is 26.3 Å². The van der Waals surface area contributed by atoms with Gasteiger partial charge < -0.3 is 14.7 Å². The molecule has 0 aliphatic carbocycles. The number of halogens is 1. The summed E-state index contributed by atoms with van der Waals surface area (Å²) >= 11 is 5.90. The lowest BCUT2D eigenvalue weighted by Gasteiger charge is -2.16. The molecule has 0 unspecified atom stereocenters. The van der Waals surface area contributed by atoms with Crippen LogP contribution >= 0.6 is 11.6 Å². The number of allylic oxidation sites excluding steroid dienone is 1. The number of rotatable bonds is 8. The molecule has 4 nitrogen and oxygen atoms in total. The lowest BCUT2D eigenvalue weighted by atomic mass is 10.1. The Balaban J connectivity index is 2.33. The van der Waals surface area contributed by atoms with Crippen LogP contribution in [0.1, 0.15) is 23.6 Å². The van der Waals surface area contributed by atoms with Gasteiger partial charge in [-0.2, -0.15) is 0 Å². The molecule has 2 aromatic rings. The maximum Gasteiger partial charge on any atom is 0.165 e. The van der Waals surface area contributed by atoms with Crippen LogP contribution < -0.4 is 9.47 Å². The van der Waals surface area contributed by atoms with Gasteiger partial charge in [-0.15, -0.1) is 6.58 Å². The molecule has 0 radical (unpaired) electrons. The van der Waals surface area contributed by atoms with Crippen LogP contribution in [0.2, 0.25) is 5.02 Å². The Morgan fingerprint density at radius 3 is 2.58 bits per heavy atom. The van der Waals surface area contributed by atoms with E-state index in [1.54, 1.807) is 12.1 Å². The highest BCUT2D eigenvalue weighted by atomic mass is 35.5. The van der Waals surface area contributed by atoms with Crippen LogP contribution in [0.3, 0.4) is 0 Å². The van der Waals surface area contributed by atoms with Crippen molar-refractivity contribution >= 4 is 17.8 Å². The zero-order valence-corrected chi connectivity index (χ0v) is 14.3. The van der Waals surface area contributed by atoms with Gasteiger partial charge in [-0.1, -0.05) is 35.0 Å². The van der Waals surface area contributed by atoms with Gasteiger partial charge in [0, 0.05) is 16.1 Å². The molecular weight excluding hydrogens is 326 g/mol. The quantitative estimate of drug-likeness (QED) is 0.322. The van der Waals surface area contributed by atoms with Crippen LogP contribution in [0.25, 0.3) is 0 Å². The minimum Gasteiger partial charge on any atom is -0.490 e. The summed E-state index contributed by atoms with van der Waals surface area (Å²) in [5.41, 5.74) is 2.66. The van der Waals surface area contributed by atoms with Gasteiger partial charge in [0.05, 0.1) is 12.8 Å². The van der Waals surface area contributed by atoms with Gasteiger partial charge in [-0.25, -0.2) is 0 Å². The second-order valence-corrected chi connectivity index (χ2v) is 5.53. The van der Waals surface area contributed by atoms with E-state index in [1.165, 1.54) is 6.21 Å². The van der Waals surface area contributed by atoms with Gasteiger partial charge >= 0.3 is 0 Å². The molecule has 2 aromatic carbocycles. The van der Waals surface area contributed by atoms with E-state index in [2.05, 4.69) is 11.7 Å². The molecule has 1 N–H and O–H groups in total. The lowest BCUT2D eigenvalue weighted by molar-refractivity contribution is 0.267. The SMILES string of the molecule is C=CCc1cc(/C=N\O)cc(OCC)c1OCc1ccc(Cl)cc1. The molecule has 0 saturated carbocycles. The van der Waals surface area contributed by atoms with Crippen molar-refractivity contribution in [3.63, 3.8) is 0 Å². The molecule has 0 aliphatic heterocycles. The summed E-state index contributed by atoms with van der Waals surface area (Å²) in [5, 5.41) is 12.5. The zero-order valence-electron chi connectivity index (χ0n) is 13.5. The maximum atomic E-state index is 8.77. The number of ether oxygens (including phenoxy) is 2. The molecule has 0 aromatic heterocycles. The number of benzene rings is 2. The summed E-state index contributed by atoms with van der Waals surface area (Å²) in [4.78, 5) is 0. The highest BCUT2D eigenvalue weighted by Crippen LogP contribution is 2.34. The summed E-state index contributed by atoms with van der Waals surface area (Å²) in [6.07, 6.45) is 3.77. The monoisotopic (exact) mass is 345 g/mol. The van der Waals surface area contributed by atoms with Crippen LogP contribution in [0.15, 0.2) is 54.2 Å². The van der Waals surface area contributed by atoms with Crippen LogP contribution in [0, 0.1) is 0 Å². The largest absolute Gasteiger partial charge is 0.490 e. The molecule has 0 atom stereocenters. The molecule has 2 rings (SSSR count). The van der Waals surface area contributed by atoms with Gasteiger partial charge in [-0.3, -0.25) is 0 Å². The highest BCUT2D eigenvalue weighted by molar-refractivity contribution is 6.30. The Labute approximate surface area is 147 Å².